The minimum atomic E-state index is -1.06. The van der Waals surface area contributed by atoms with Crippen molar-refractivity contribution in [3.8, 4) is 0 Å². The summed E-state index contributed by atoms with van der Waals surface area (Å²) in [6.45, 7) is 1.50. The van der Waals surface area contributed by atoms with Crippen molar-refractivity contribution in [1.29, 1.82) is 0 Å². The van der Waals surface area contributed by atoms with Crippen LogP contribution in [0, 0.1) is 17.0 Å². The van der Waals surface area contributed by atoms with Gasteiger partial charge >= 0.3 is 5.97 Å². The summed E-state index contributed by atoms with van der Waals surface area (Å²) in [6, 6.07) is 10.4. The molecule has 1 aromatic carbocycles. The first-order chi connectivity index (χ1) is 9.99. The van der Waals surface area contributed by atoms with E-state index in [4.69, 9.17) is 0 Å². The van der Waals surface area contributed by atoms with Gasteiger partial charge in [-0.3, -0.25) is 10.1 Å². The molecule has 2 aromatic rings. The van der Waals surface area contributed by atoms with Gasteiger partial charge in [-0.15, -0.1) is 0 Å². The molecule has 2 N–H and O–H groups in total. The molecule has 2 rings (SSSR count). The fraction of sp³-hybridized carbons (Fsp3) is 0.143. The lowest BCUT2D eigenvalue weighted by atomic mass is 10.1. The molecule has 0 saturated carbocycles. The molecule has 1 heterocycles. The smallest absolute Gasteiger partial charge is 0.330 e. The van der Waals surface area contributed by atoms with E-state index in [1.807, 2.05) is 0 Å². The third-order valence-corrected chi connectivity index (χ3v) is 2.93. The molecule has 108 valence electrons. The maximum absolute atomic E-state index is 11.4. The Morgan fingerprint density at radius 3 is 2.48 bits per heavy atom. The van der Waals surface area contributed by atoms with Gasteiger partial charge in [-0.2, -0.15) is 0 Å². The summed E-state index contributed by atoms with van der Waals surface area (Å²) < 4.78 is 0. The number of nitro groups is 1. The number of nitrogens with one attached hydrogen (secondary N) is 1. The molecule has 7 nitrogen and oxygen atoms in total. The zero-order valence-corrected chi connectivity index (χ0v) is 11.2. The number of rotatable bonds is 5. The number of anilines is 1. The van der Waals surface area contributed by atoms with Crippen molar-refractivity contribution < 1.29 is 14.8 Å². The molecule has 0 fully saturated rings. The number of pyridine rings is 1. The average Bonchev–Trinajstić information content (AvgIpc) is 2.45. The number of aryl methyl sites for hydroxylation is 1. The number of carboxylic acids is 1. The highest BCUT2D eigenvalue weighted by atomic mass is 16.6. The Bertz CT molecular complexity index is 673. The lowest BCUT2D eigenvalue weighted by molar-refractivity contribution is -0.385. The lowest BCUT2D eigenvalue weighted by Crippen LogP contribution is -2.21. The van der Waals surface area contributed by atoms with Gasteiger partial charge in [0.1, 0.15) is 11.5 Å². The Hall–Kier alpha value is -2.96. The number of carbonyl (C=O) groups is 1. The largest absolute Gasteiger partial charge is 0.479 e. The third kappa shape index (κ3) is 3.33. The zero-order chi connectivity index (χ0) is 15.4. The molecule has 0 amide bonds. The van der Waals surface area contributed by atoms with E-state index in [0.717, 1.165) is 0 Å². The maximum atomic E-state index is 11.4. The molecular weight excluding hydrogens is 274 g/mol. The van der Waals surface area contributed by atoms with Crippen molar-refractivity contribution in [2.75, 3.05) is 5.32 Å². The summed E-state index contributed by atoms with van der Waals surface area (Å²) in [7, 11) is 0. The topological polar surface area (TPSA) is 105 Å². The lowest BCUT2D eigenvalue weighted by Gasteiger charge is -2.15. The molecule has 1 aromatic heterocycles. The summed E-state index contributed by atoms with van der Waals surface area (Å²) in [5.74, 6) is -0.784. The van der Waals surface area contributed by atoms with Crippen LogP contribution in [0.5, 0.6) is 0 Å². The number of aromatic nitrogens is 1. The predicted molar refractivity (Wildman–Crippen MR) is 76.1 cm³/mol. The van der Waals surface area contributed by atoms with Crippen LogP contribution in [-0.2, 0) is 4.79 Å². The van der Waals surface area contributed by atoms with E-state index < -0.39 is 16.9 Å². The molecule has 0 radical (unpaired) electrons. The molecule has 0 aliphatic carbocycles. The highest BCUT2D eigenvalue weighted by molar-refractivity contribution is 5.78. The van der Waals surface area contributed by atoms with E-state index >= 15 is 0 Å². The molecule has 1 unspecified atom stereocenters. The second kappa shape index (κ2) is 6.00. The average molecular weight is 287 g/mol. The molecular formula is C14H13N3O4. The van der Waals surface area contributed by atoms with Gasteiger partial charge in [0.2, 0.25) is 0 Å². The van der Waals surface area contributed by atoms with Crippen LogP contribution in [0.2, 0.25) is 0 Å². The van der Waals surface area contributed by atoms with Gasteiger partial charge in [0.25, 0.3) is 5.69 Å². The highest BCUT2D eigenvalue weighted by Gasteiger charge is 2.21. The Kier molecular flexibility index (Phi) is 4.13. The number of aliphatic carboxylic acids is 1. The van der Waals surface area contributed by atoms with Crippen molar-refractivity contribution in [3.63, 3.8) is 0 Å². The first-order valence-electron chi connectivity index (χ1n) is 6.15. The fourth-order valence-corrected chi connectivity index (χ4v) is 1.91. The van der Waals surface area contributed by atoms with E-state index in [2.05, 4.69) is 10.3 Å². The number of nitrogens with zero attached hydrogens (tertiary/aromatic N) is 2. The Morgan fingerprint density at radius 2 is 1.95 bits per heavy atom. The third-order valence-electron chi connectivity index (χ3n) is 2.93. The SMILES string of the molecule is Cc1nc(NC(C(=O)O)c2ccccc2)ccc1[N+](=O)[O-]. The summed E-state index contributed by atoms with van der Waals surface area (Å²) >= 11 is 0. The first-order valence-corrected chi connectivity index (χ1v) is 6.15. The second-order valence-corrected chi connectivity index (χ2v) is 4.38. The van der Waals surface area contributed by atoms with E-state index in [-0.39, 0.29) is 17.2 Å². The van der Waals surface area contributed by atoms with Gasteiger partial charge in [0.05, 0.1) is 4.92 Å². The molecule has 0 aliphatic rings. The van der Waals surface area contributed by atoms with Gasteiger partial charge < -0.3 is 10.4 Å². The second-order valence-electron chi connectivity index (χ2n) is 4.38. The van der Waals surface area contributed by atoms with Crippen LogP contribution < -0.4 is 5.32 Å². The number of hydrogen-bond acceptors (Lipinski definition) is 5. The van der Waals surface area contributed by atoms with Crippen LogP contribution in [0.4, 0.5) is 11.5 Å². The van der Waals surface area contributed by atoms with Crippen molar-refractivity contribution in [3.05, 3.63) is 63.8 Å². The minimum Gasteiger partial charge on any atom is -0.479 e. The van der Waals surface area contributed by atoms with E-state index in [1.165, 1.54) is 19.1 Å². The van der Waals surface area contributed by atoms with Gasteiger partial charge in [-0.05, 0) is 18.6 Å². The Morgan fingerprint density at radius 1 is 1.29 bits per heavy atom. The van der Waals surface area contributed by atoms with Crippen LogP contribution in [0.25, 0.3) is 0 Å². The van der Waals surface area contributed by atoms with Crippen LogP contribution in [0.15, 0.2) is 42.5 Å². The summed E-state index contributed by atoms with van der Waals surface area (Å²) in [5, 5.41) is 22.8. The normalized spacial score (nSPS) is 11.7. The van der Waals surface area contributed by atoms with Gasteiger partial charge in [-0.25, -0.2) is 9.78 Å². The number of carboxylic acid groups (broad SMARTS) is 1. The molecule has 0 aliphatic heterocycles. The van der Waals surface area contributed by atoms with Crippen molar-refractivity contribution in [1.82, 2.24) is 4.98 Å². The van der Waals surface area contributed by atoms with Crippen LogP contribution in [0.1, 0.15) is 17.3 Å². The number of benzene rings is 1. The van der Waals surface area contributed by atoms with Gasteiger partial charge in [0, 0.05) is 6.07 Å². The minimum absolute atomic E-state index is 0.105. The van der Waals surface area contributed by atoms with Crippen LogP contribution in [0.3, 0.4) is 0 Å². The first kappa shape index (κ1) is 14.4. The van der Waals surface area contributed by atoms with E-state index in [0.29, 0.717) is 5.56 Å². The van der Waals surface area contributed by atoms with Gasteiger partial charge in [0.15, 0.2) is 6.04 Å². The van der Waals surface area contributed by atoms with E-state index in [9.17, 15) is 20.0 Å². The van der Waals surface area contributed by atoms with Crippen molar-refractivity contribution in [2.24, 2.45) is 0 Å². The quantitative estimate of drug-likeness (QED) is 0.646. The molecule has 1 atom stereocenters. The predicted octanol–water partition coefficient (Wildman–Crippen LogP) is 2.54. The monoisotopic (exact) mass is 287 g/mol. The van der Waals surface area contributed by atoms with E-state index in [1.54, 1.807) is 30.3 Å². The summed E-state index contributed by atoms with van der Waals surface area (Å²) in [4.78, 5) is 25.6. The van der Waals surface area contributed by atoms with Crippen LogP contribution >= 0.6 is 0 Å². The van der Waals surface area contributed by atoms with Crippen LogP contribution in [-0.4, -0.2) is 21.0 Å². The highest BCUT2D eigenvalue weighted by Crippen LogP contribution is 2.22. The van der Waals surface area contributed by atoms with Crippen molar-refractivity contribution in [2.45, 2.75) is 13.0 Å². The summed E-state index contributed by atoms with van der Waals surface area (Å²) in [6.07, 6.45) is 0. The van der Waals surface area contributed by atoms with Crippen molar-refractivity contribution >= 4 is 17.5 Å². The zero-order valence-electron chi connectivity index (χ0n) is 11.2. The number of hydrogen-bond donors (Lipinski definition) is 2. The fourth-order valence-electron chi connectivity index (χ4n) is 1.91. The molecule has 7 heteroatoms. The standard InChI is InChI=1S/C14H13N3O4/c1-9-11(17(20)21)7-8-12(15-9)16-13(14(18)19)10-5-3-2-4-6-10/h2-8,13H,1H3,(H,15,16)(H,18,19). The maximum Gasteiger partial charge on any atom is 0.330 e. The Balaban J connectivity index is 2.28. The van der Waals surface area contributed by atoms with Gasteiger partial charge in [-0.1, -0.05) is 30.3 Å². The summed E-state index contributed by atoms with van der Waals surface area (Å²) in [5.41, 5.74) is 0.692. The molecule has 0 spiro atoms. The molecule has 21 heavy (non-hydrogen) atoms. The molecule has 0 saturated heterocycles. The Labute approximate surface area is 120 Å². The molecule has 0 bridgehead atoms.